The molecule has 1 aliphatic rings. The molecule has 2 aromatic heterocycles. The molecule has 1 unspecified atom stereocenters. The van der Waals surface area contributed by atoms with Crippen molar-refractivity contribution in [3.8, 4) is 5.75 Å². The minimum Gasteiger partial charge on any atom is -0.480 e. The fourth-order valence-corrected chi connectivity index (χ4v) is 3.56. The second-order valence-electron chi connectivity index (χ2n) is 7.12. The summed E-state index contributed by atoms with van der Waals surface area (Å²) in [6, 6.07) is 3.72. The Labute approximate surface area is 161 Å². The van der Waals surface area contributed by atoms with Crippen molar-refractivity contribution in [2.24, 2.45) is 7.05 Å². The fourth-order valence-electron chi connectivity index (χ4n) is 3.56. The standard InChI is InChI=1S/C20H22N4O4/c1-10-16(27-11(2)18(25)22-20-21-12(3)24(4)23-20)9-8-14-13-6-5-7-15(13)19(26)28-17(10)14/h8-9,11H,5-7H2,1-4H3,(H,22,23,25). The van der Waals surface area contributed by atoms with Gasteiger partial charge in [-0.25, -0.2) is 4.79 Å². The highest BCUT2D eigenvalue weighted by Gasteiger charge is 2.23. The van der Waals surface area contributed by atoms with Gasteiger partial charge in [-0.05, 0) is 57.7 Å². The van der Waals surface area contributed by atoms with Crippen molar-refractivity contribution in [3.63, 3.8) is 0 Å². The number of nitrogens with zero attached hydrogens (tertiary/aromatic N) is 3. The van der Waals surface area contributed by atoms with Gasteiger partial charge in [0.2, 0.25) is 5.95 Å². The summed E-state index contributed by atoms with van der Waals surface area (Å²) in [5.74, 6) is 1.07. The molecule has 0 saturated carbocycles. The van der Waals surface area contributed by atoms with Crippen LogP contribution in [0.1, 0.15) is 35.9 Å². The van der Waals surface area contributed by atoms with E-state index in [4.69, 9.17) is 9.15 Å². The third kappa shape index (κ3) is 3.04. The summed E-state index contributed by atoms with van der Waals surface area (Å²) in [6.45, 7) is 5.27. The number of amides is 1. The van der Waals surface area contributed by atoms with Gasteiger partial charge < -0.3 is 9.15 Å². The molecule has 1 aliphatic carbocycles. The number of aromatic nitrogens is 3. The Kier molecular flexibility index (Phi) is 4.41. The van der Waals surface area contributed by atoms with E-state index >= 15 is 0 Å². The summed E-state index contributed by atoms with van der Waals surface area (Å²) in [7, 11) is 1.75. The zero-order chi connectivity index (χ0) is 20.0. The molecule has 0 aliphatic heterocycles. The normalized spacial score (nSPS) is 14.1. The maximum absolute atomic E-state index is 12.4. The van der Waals surface area contributed by atoms with E-state index in [9.17, 15) is 9.59 Å². The SMILES string of the molecule is Cc1c(OC(C)C(=O)Nc2nc(C)n(C)n2)ccc2c3c(c(=O)oc12)CCC3. The molecule has 0 bridgehead atoms. The molecular weight excluding hydrogens is 360 g/mol. The van der Waals surface area contributed by atoms with Crippen LogP contribution in [0, 0.1) is 13.8 Å². The van der Waals surface area contributed by atoms with Crippen molar-refractivity contribution in [2.75, 3.05) is 5.32 Å². The van der Waals surface area contributed by atoms with Crippen molar-refractivity contribution >= 4 is 22.8 Å². The Hall–Kier alpha value is -3.16. The Balaban J connectivity index is 1.59. The van der Waals surface area contributed by atoms with Crippen LogP contribution >= 0.6 is 0 Å². The van der Waals surface area contributed by atoms with Crippen molar-refractivity contribution in [1.29, 1.82) is 0 Å². The van der Waals surface area contributed by atoms with Crippen LogP contribution in [-0.4, -0.2) is 26.8 Å². The Morgan fingerprint density at radius 3 is 2.75 bits per heavy atom. The minimum atomic E-state index is -0.776. The topological polar surface area (TPSA) is 99.2 Å². The number of hydrogen-bond acceptors (Lipinski definition) is 6. The average Bonchev–Trinajstić information content (AvgIpc) is 3.25. The quantitative estimate of drug-likeness (QED) is 0.696. The lowest BCUT2D eigenvalue weighted by atomic mass is 10.0. The molecule has 8 heteroatoms. The van der Waals surface area contributed by atoms with Crippen LogP contribution in [0.5, 0.6) is 5.75 Å². The van der Waals surface area contributed by atoms with E-state index in [2.05, 4.69) is 15.4 Å². The lowest BCUT2D eigenvalue weighted by Gasteiger charge is -2.16. The van der Waals surface area contributed by atoms with Crippen LogP contribution in [0.3, 0.4) is 0 Å². The highest BCUT2D eigenvalue weighted by molar-refractivity contribution is 5.93. The third-order valence-corrected chi connectivity index (χ3v) is 5.23. The van der Waals surface area contributed by atoms with Crippen molar-refractivity contribution in [2.45, 2.75) is 46.1 Å². The number of benzene rings is 1. The molecule has 0 radical (unpaired) electrons. The van der Waals surface area contributed by atoms with Crippen molar-refractivity contribution in [3.05, 3.63) is 45.1 Å². The summed E-state index contributed by atoms with van der Waals surface area (Å²) in [4.78, 5) is 28.8. The van der Waals surface area contributed by atoms with Gasteiger partial charge in [-0.1, -0.05) is 0 Å². The Morgan fingerprint density at radius 2 is 2.04 bits per heavy atom. The van der Waals surface area contributed by atoms with Crippen LogP contribution in [0.4, 0.5) is 5.95 Å². The number of carbonyl (C=O) groups excluding carboxylic acids is 1. The average molecular weight is 382 g/mol. The number of rotatable bonds is 4. The van der Waals surface area contributed by atoms with E-state index in [0.717, 1.165) is 35.8 Å². The zero-order valence-electron chi connectivity index (χ0n) is 16.3. The lowest BCUT2D eigenvalue weighted by molar-refractivity contribution is -0.122. The predicted octanol–water partition coefficient (Wildman–Crippen LogP) is 2.43. The lowest BCUT2D eigenvalue weighted by Crippen LogP contribution is -2.30. The first kappa shape index (κ1) is 18.2. The molecule has 1 aromatic carbocycles. The van der Waals surface area contributed by atoms with Gasteiger partial charge >= 0.3 is 5.63 Å². The monoisotopic (exact) mass is 382 g/mol. The van der Waals surface area contributed by atoms with Gasteiger partial charge in [-0.3, -0.25) is 14.8 Å². The van der Waals surface area contributed by atoms with E-state index < -0.39 is 6.10 Å². The molecule has 0 saturated heterocycles. The maximum atomic E-state index is 12.4. The van der Waals surface area contributed by atoms with E-state index in [1.807, 2.05) is 19.1 Å². The molecule has 146 valence electrons. The third-order valence-electron chi connectivity index (χ3n) is 5.23. The largest absolute Gasteiger partial charge is 0.480 e. The molecule has 28 heavy (non-hydrogen) atoms. The summed E-state index contributed by atoms with van der Waals surface area (Å²) < 4.78 is 13.0. The number of ether oxygens (including phenoxy) is 1. The number of nitrogens with one attached hydrogen (secondary N) is 1. The fraction of sp³-hybridized carbons (Fsp3) is 0.400. The van der Waals surface area contributed by atoms with Gasteiger partial charge in [0, 0.05) is 23.6 Å². The van der Waals surface area contributed by atoms with Gasteiger partial charge in [0.05, 0.1) is 0 Å². The Morgan fingerprint density at radius 1 is 1.29 bits per heavy atom. The zero-order valence-corrected chi connectivity index (χ0v) is 16.3. The number of anilines is 1. The van der Waals surface area contributed by atoms with Crippen LogP contribution < -0.4 is 15.7 Å². The summed E-state index contributed by atoms with van der Waals surface area (Å²) >= 11 is 0. The highest BCUT2D eigenvalue weighted by atomic mass is 16.5. The first-order chi connectivity index (χ1) is 13.3. The molecule has 4 rings (SSSR count). The molecule has 1 atom stereocenters. The van der Waals surface area contributed by atoms with Gasteiger partial charge in [-0.2, -0.15) is 4.98 Å². The molecule has 8 nitrogen and oxygen atoms in total. The van der Waals surface area contributed by atoms with Crippen LogP contribution in [0.2, 0.25) is 0 Å². The molecule has 0 spiro atoms. The van der Waals surface area contributed by atoms with Crippen LogP contribution in [0.25, 0.3) is 11.0 Å². The molecule has 1 amide bonds. The number of hydrogen-bond donors (Lipinski definition) is 1. The molecule has 1 N–H and O–H groups in total. The van der Waals surface area contributed by atoms with Gasteiger partial charge in [-0.15, -0.1) is 5.10 Å². The molecule has 3 aromatic rings. The number of carbonyl (C=O) groups is 1. The summed E-state index contributed by atoms with van der Waals surface area (Å²) in [5.41, 5.74) is 2.81. The van der Waals surface area contributed by atoms with E-state index in [1.54, 1.807) is 25.6 Å². The molecular formula is C20H22N4O4. The first-order valence-corrected chi connectivity index (χ1v) is 9.28. The van der Waals surface area contributed by atoms with Gasteiger partial charge in [0.25, 0.3) is 5.91 Å². The number of fused-ring (bicyclic) bond motifs is 3. The molecule has 2 heterocycles. The van der Waals surface area contributed by atoms with E-state index in [1.165, 1.54) is 0 Å². The van der Waals surface area contributed by atoms with Crippen molar-refractivity contribution < 1.29 is 13.9 Å². The van der Waals surface area contributed by atoms with Gasteiger partial charge in [0.1, 0.15) is 17.2 Å². The summed E-state index contributed by atoms with van der Waals surface area (Å²) in [6.07, 6.45) is 1.84. The van der Waals surface area contributed by atoms with Crippen molar-refractivity contribution in [1.82, 2.24) is 14.8 Å². The Bertz CT molecular complexity index is 1130. The van der Waals surface area contributed by atoms with Crippen LogP contribution in [-0.2, 0) is 24.7 Å². The second-order valence-corrected chi connectivity index (χ2v) is 7.12. The maximum Gasteiger partial charge on any atom is 0.339 e. The second kappa shape index (κ2) is 6.78. The summed E-state index contributed by atoms with van der Waals surface area (Å²) in [5, 5.41) is 7.70. The van der Waals surface area contributed by atoms with Gasteiger partial charge in [0.15, 0.2) is 6.10 Å². The van der Waals surface area contributed by atoms with Crippen LogP contribution in [0.15, 0.2) is 21.3 Å². The smallest absolute Gasteiger partial charge is 0.339 e. The predicted molar refractivity (Wildman–Crippen MR) is 104 cm³/mol. The van der Waals surface area contributed by atoms with E-state index in [0.29, 0.717) is 22.7 Å². The number of aryl methyl sites for hydroxylation is 4. The molecule has 0 fully saturated rings. The minimum absolute atomic E-state index is 0.234. The van der Waals surface area contributed by atoms with E-state index in [-0.39, 0.29) is 17.5 Å². The first-order valence-electron chi connectivity index (χ1n) is 9.28. The highest BCUT2D eigenvalue weighted by Crippen LogP contribution is 2.33.